The van der Waals surface area contributed by atoms with Gasteiger partial charge in [-0.15, -0.1) is 10.0 Å². The summed E-state index contributed by atoms with van der Waals surface area (Å²) in [6, 6.07) is 0. The van der Waals surface area contributed by atoms with Crippen molar-refractivity contribution < 1.29 is 23.7 Å². The third kappa shape index (κ3) is 2.91. The number of ketones is 1. The van der Waals surface area contributed by atoms with Gasteiger partial charge in [0.25, 0.3) is 0 Å². The monoisotopic (exact) mass is 451 g/mol. The molecule has 4 rings (SSSR count). The van der Waals surface area contributed by atoms with Crippen molar-refractivity contribution in [1.82, 2.24) is 5.43 Å². The third-order valence-corrected chi connectivity index (χ3v) is 6.71. The normalized spacial score (nSPS) is 36.9. The minimum atomic E-state index is -0.363. The van der Waals surface area contributed by atoms with Crippen molar-refractivity contribution in [1.29, 1.82) is 0 Å². The van der Waals surface area contributed by atoms with Gasteiger partial charge in [0.15, 0.2) is 6.79 Å². The van der Waals surface area contributed by atoms with Gasteiger partial charge in [0.05, 0.1) is 17.7 Å². The molecule has 0 aromatic rings. The van der Waals surface area contributed by atoms with Gasteiger partial charge in [-0.2, -0.15) is 4.79 Å². The number of halogens is 1. The number of amides is 1. The third-order valence-electron chi connectivity index (χ3n) is 6.37. The maximum absolute atomic E-state index is 12.6. The number of Topliss-reactive ketones (excluding diaryl/α,β-unsaturated/α-hetero) is 1. The van der Waals surface area contributed by atoms with Crippen LogP contribution in [0.25, 0.3) is 0 Å². The van der Waals surface area contributed by atoms with E-state index >= 15 is 0 Å². The maximum Gasteiger partial charge on any atom is 0.538 e. The summed E-state index contributed by atoms with van der Waals surface area (Å²) in [6.45, 7) is 5.89. The first-order valence-electron chi connectivity index (χ1n) is 8.69. The van der Waals surface area contributed by atoms with Crippen molar-refractivity contribution >= 4 is 34.5 Å². The van der Waals surface area contributed by atoms with E-state index in [1.165, 1.54) is 0 Å². The van der Waals surface area contributed by atoms with Crippen LogP contribution in [0.15, 0.2) is 0 Å². The zero-order valence-electron chi connectivity index (χ0n) is 14.9. The number of alkyl halides is 1. The zero-order chi connectivity index (χ0) is 17.7. The molecule has 4 aliphatic rings. The summed E-state index contributed by atoms with van der Waals surface area (Å²) < 4.78 is 11.9. The highest BCUT2D eigenvalue weighted by atomic mass is 127. The summed E-state index contributed by atoms with van der Waals surface area (Å²) >= 11 is 2.18. The second-order valence-corrected chi connectivity index (χ2v) is 9.24. The molecule has 1 N–H and O–H groups in total. The van der Waals surface area contributed by atoms with Crippen LogP contribution in [0.2, 0.25) is 0 Å². The molecule has 6 nitrogen and oxygen atoms in total. The Morgan fingerprint density at radius 3 is 2.54 bits per heavy atom. The Morgan fingerprint density at radius 2 is 1.96 bits per heavy atom. The Hall–Kier alpha value is -0.250. The van der Waals surface area contributed by atoms with Gasteiger partial charge in [-0.25, -0.2) is 0 Å². The van der Waals surface area contributed by atoms with Crippen LogP contribution < -0.4 is 5.43 Å². The summed E-state index contributed by atoms with van der Waals surface area (Å²) in [6.07, 6.45) is 2.67. The molecule has 0 saturated heterocycles. The standard InChI is InChI=1S/C17H28IN2O4/c1-17(2,3)20(4,19-8-18)16(22)24-9-23-15-12-6-10-5-11(12)14(21)13(15)7-10/h10-13,15,19H,5-9H2,1-4H3/q+1. The van der Waals surface area contributed by atoms with Gasteiger partial charge >= 0.3 is 6.09 Å². The summed E-state index contributed by atoms with van der Waals surface area (Å²) in [7, 11) is 1.81. The number of hydrogen-bond donors (Lipinski definition) is 1. The van der Waals surface area contributed by atoms with Gasteiger partial charge in [0.2, 0.25) is 0 Å². The van der Waals surface area contributed by atoms with Crippen LogP contribution in [0, 0.1) is 23.7 Å². The largest absolute Gasteiger partial charge is 0.538 e. The second kappa shape index (κ2) is 6.48. The van der Waals surface area contributed by atoms with Crippen molar-refractivity contribution in [3.05, 3.63) is 0 Å². The van der Waals surface area contributed by atoms with Crippen LogP contribution in [-0.4, -0.2) is 46.5 Å². The first-order valence-corrected chi connectivity index (χ1v) is 10.2. The van der Waals surface area contributed by atoms with E-state index in [2.05, 4.69) is 28.0 Å². The van der Waals surface area contributed by atoms with E-state index in [-0.39, 0.29) is 41.0 Å². The van der Waals surface area contributed by atoms with Crippen LogP contribution >= 0.6 is 22.6 Å². The summed E-state index contributed by atoms with van der Waals surface area (Å²) in [5, 5.41) is 0. The van der Waals surface area contributed by atoms with Crippen LogP contribution in [0.5, 0.6) is 0 Å². The molecule has 0 heterocycles. The van der Waals surface area contributed by atoms with Crippen LogP contribution in [-0.2, 0) is 14.3 Å². The number of ether oxygens (including phenoxy) is 2. The van der Waals surface area contributed by atoms with Crippen LogP contribution in [0.4, 0.5) is 4.79 Å². The number of quaternary nitrogens is 1. The van der Waals surface area contributed by atoms with E-state index in [0.717, 1.165) is 19.3 Å². The lowest BCUT2D eigenvalue weighted by Crippen LogP contribution is -2.68. The lowest BCUT2D eigenvalue weighted by Gasteiger charge is -2.40. The van der Waals surface area contributed by atoms with Gasteiger partial charge in [0.1, 0.15) is 11.3 Å². The average Bonchev–Trinajstić information content (AvgIpc) is 2.90. The van der Waals surface area contributed by atoms with Crippen molar-refractivity contribution in [3.63, 3.8) is 0 Å². The molecule has 136 valence electrons. The van der Waals surface area contributed by atoms with Gasteiger partial charge in [0, 0.05) is 11.8 Å². The topological polar surface area (TPSA) is 64.6 Å². The Morgan fingerprint density at radius 1 is 1.29 bits per heavy atom. The van der Waals surface area contributed by atoms with E-state index in [1.54, 1.807) is 0 Å². The van der Waals surface area contributed by atoms with Gasteiger partial charge < -0.3 is 9.47 Å². The number of carbonyl (C=O) groups is 2. The van der Waals surface area contributed by atoms with Crippen LogP contribution in [0.3, 0.4) is 0 Å². The SMILES string of the molecule is CC(C)(C)[N+](C)(NCI)C(=O)OCOC1C2CC3CC(C2=O)C1C3. The number of hydrogen-bond acceptors (Lipinski definition) is 5. The Kier molecular flexibility index (Phi) is 5.01. The molecule has 0 radical (unpaired) electrons. The van der Waals surface area contributed by atoms with E-state index in [4.69, 9.17) is 9.47 Å². The lowest BCUT2D eigenvalue weighted by atomic mass is 9.80. The number of rotatable bonds is 5. The molecule has 0 aromatic heterocycles. The maximum atomic E-state index is 12.6. The summed E-state index contributed by atoms with van der Waals surface area (Å²) in [5.41, 5.74) is 2.83. The van der Waals surface area contributed by atoms with E-state index in [9.17, 15) is 9.59 Å². The molecular weight excluding hydrogens is 423 g/mol. The average molecular weight is 451 g/mol. The highest BCUT2D eigenvalue weighted by molar-refractivity contribution is 14.1. The first-order chi connectivity index (χ1) is 11.2. The fourth-order valence-electron chi connectivity index (χ4n) is 4.63. The fourth-order valence-corrected chi connectivity index (χ4v) is 5.32. The smallest absolute Gasteiger partial charge is 0.391 e. The Bertz CT molecular complexity index is 535. The minimum Gasteiger partial charge on any atom is -0.391 e. The van der Waals surface area contributed by atoms with E-state index < -0.39 is 0 Å². The molecule has 4 aliphatic carbocycles. The first kappa shape index (κ1) is 18.5. The molecule has 6 atom stereocenters. The Labute approximate surface area is 157 Å². The molecule has 1 amide bonds. The van der Waals surface area contributed by atoms with Gasteiger partial charge in [-0.1, -0.05) is 22.6 Å². The molecule has 0 aromatic carbocycles. The van der Waals surface area contributed by atoms with Crippen molar-refractivity contribution in [2.24, 2.45) is 23.7 Å². The molecule has 0 spiro atoms. The minimum absolute atomic E-state index is 0.0273. The van der Waals surface area contributed by atoms with Crippen molar-refractivity contribution in [2.75, 3.05) is 18.4 Å². The quantitative estimate of drug-likeness (QED) is 0.174. The number of nitrogens with one attached hydrogen (secondary N) is 1. The fraction of sp³-hybridized carbons (Fsp3) is 0.882. The van der Waals surface area contributed by atoms with Crippen molar-refractivity contribution in [2.45, 2.75) is 51.7 Å². The van der Waals surface area contributed by atoms with Crippen LogP contribution in [0.1, 0.15) is 40.0 Å². The predicted octanol–water partition coefficient (Wildman–Crippen LogP) is 2.85. The molecule has 24 heavy (non-hydrogen) atoms. The van der Waals surface area contributed by atoms with E-state index in [1.807, 2.05) is 27.8 Å². The summed E-state index contributed by atoms with van der Waals surface area (Å²) in [4.78, 5) is 24.9. The van der Waals surface area contributed by atoms with Gasteiger partial charge in [-0.3, -0.25) is 4.79 Å². The second-order valence-electron chi connectivity index (χ2n) is 8.48. The molecule has 4 bridgehead atoms. The molecule has 4 fully saturated rings. The molecule has 6 unspecified atom stereocenters. The Balaban J connectivity index is 1.57. The lowest BCUT2D eigenvalue weighted by molar-refractivity contribution is -0.926. The van der Waals surface area contributed by atoms with Gasteiger partial charge in [-0.05, 0) is 51.9 Å². The molecule has 4 saturated carbocycles. The molecule has 0 aliphatic heterocycles. The number of carbonyl (C=O) groups excluding carboxylic acids is 2. The highest BCUT2D eigenvalue weighted by Gasteiger charge is 2.60. The molecular formula is C17H28IN2O4+. The highest BCUT2D eigenvalue weighted by Crippen LogP contribution is 2.57. The molecule has 7 heteroatoms. The predicted molar refractivity (Wildman–Crippen MR) is 97.0 cm³/mol. The van der Waals surface area contributed by atoms with E-state index in [0.29, 0.717) is 22.2 Å². The van der Waals surface area contributed by atoms with Crippen molar-refractivity contribution in [3.8, 4) is 0 Å². The summed E-state index contributed by atoms with van der Waals surface area (Å²) in [5.74, 6) is 1.66. The number of nitrogens with zero attached hydrogens (tertiary/aromatic N) is 1. The zero-order valence-corrected chi connectivity index (χ0v) is 17.0.